The molecule has 1 heterocycles. The number of piperazine rings is 1. The Hall–Kier alpha value is 0.200. The van der Waals surface area contributed by atoms with Crippen LogP contribution in [0.3, 0.4) is 0 Å². The fourth-order valence-electron chi connectivity index (χ4n) is 1.13. The molecule has 1 saturated heterocycles. The molecule has 0 spiro atoms. The minimum Gasteiger partial charge on any atom is -0.352 e. The highest BCUT2D eigenvalue weighted by Gasteiger charge is 2.17. The molecule has 0 radical (unpaired) electrons. The topological polar surface area (TPSA) is 15.3 Å². The van der Waals surface area contributed by atoms with E-state index in [1.165, 1.54) is 0 Å². The molecule has 2 nitrogen and oxygen atoms in total. The summed E-state index contributed by atoms with van der Waals surface area (Å²) in [6.45, 7) is 5.17. The standard InChI is InChI=1S/C6H12N2S2/c1-5-4-7-2-3-8(5)6(9)10/h5,7H,2-4H2,1H3,(H,9,10)/t5-/m0/s1. The Labute approximate surface area is 72.4 Å². The van der Waals surface area contributed by atoms with Gasteiger partial charge in [-0.2, -0.15) is 0 Å². The number of nitrogens with one attached hydrogen (secondary N) is 1. The number of hydrogen-bond acceptors (Lipinski definition) is 2. The average Bonchev–Trinajstić information content (AvgIpc) is 1.88. The lowest BCUT2D eigenvalue weighted by molar-refractivity contribution is 0.283. The van der Waals surface area contributed by atoms with Crippen molar-refractivity contribution in [1.82, 2.24) is 10.2 Å². The summed E-state index contributed by atoms with van der Waals surface area (Å²) in [6.07, 6.45) is 0. The van der Waals surface area contributed by atoms with E-state index in [1.54, 1.807) is 0 Å². The first-order valence-corrected chi connectivity index (χ1v) is 4.27. The molecule has 0 aromatic rings. The van der Waals surface area contributed by atoms with Gasteiger partial charge >= 0.3 is 0 Å². The molecule has 0 aliphatic carbocycles. The van der Waals surface area contributed by atoms with E-state index in [4.69, 9.17) is 12.2 Å². The van der Waals surface area contributed by atoms with Gasteiger partial charge in [0, 0.05) is 25.7 Å². The first-order valence-electron chi connectivity index (χ1n) is 3.42. The molecule has 0 aromatic heterocycles. The highest BCUT2D eigenvalue weighted by molar-refractivity contribution is 8.10. The summed E-state index contributed by atoms with van der Waals surface area (Å²) in [7, 11) is 0. The highest BCUT2D eigenvalue weighted by Crippen LogP contribution is 2.05. The van der Waals surface area contributed by atoms with Crippen LogP contribution >= 0.6 is 24.8 Å². The molecule has 4 heteroatoms. The van der Waals surface area contributed by atoms with Crippen molar-refractivity contribution in [2.24, 2.45) is 0 Å². The summed E-state index contributed by atoms with van der Waals surface area (Å²) in [5.74, 6) is 0. The lowest BCUT2D eigenvalue weighted by Crippen LogP contribution is -2.50. The van der Waals surface area contributed by atoms with E-state index in [2.05, 4.69) is 29.8 Å². The normalized spacial score (nSPS) is 26.6. The molecule has 1 aliphatic rings. The Morgan fingerprint density at radius 2 is 2.50 bits per heavy atom. The van der Waals surface area contributed by atoms with Crippen LogP contribution in [0.2, 0.25) is 0 Å². The van der Waals surface area contributed by atoms with Gasteiger partial charge in [-0.25, -0.2) is 0 Å². The Bertz CT molecular complexity index is 138. The van der Waals surface area contributed by atoms with Gasteiger partial charge in [0.05, 0.1) is 0 Å². The molecular weight excluding hydrogens is 164 g/mol. The van der Waals surface area contributed by atoms with Crippen LogP contribution in [0, 0.1) is 0 Å². The first-order chi connectivity index (χ1) is 4.72. The Kier molecular flexibility index (Phi) is 2.95. The predicted molar refractivity (Wildman–Crippen MR) is 50.6 cm³/mol. The largest absolute Gasteiger partial charge is 0.352 e. The summed E-state index contributed by atoms with van der Waals surface area (Å²) in [5.41, 5.74) is 0. The van der Waals surface area contributed by atoms with Crippen LogP contribution in [0.4, 0.5) is 0 Å². The zero-order chi connectivity index (χ0) is 7.56. The molecule has 0 bridgehead atoms. The molecule has 0 aromatic carbocycles. The number of nitrogens with zero attached hydrogens (tertiary/aromatic N) is 1. The SMILES string of the molecule is C[C@H]1CNCCN1C(=S)S. The van der Waals surface area contributed by atoms with Gasteiger partial charge in [-0.15, -0.1) is 12.6 Å². The number of thiocarbonyl (C=S) groups is 1. The molecule has 1 rings (SSSR count). The van der Waals surface area contributed by atoms with Gasteiger partial charge in [-0.3, -0.25) is 0 Å². The number of thiol groups is 1. The van der Waals surface area contributed by atoms with E-state index < -0.39 is 0 Å². The maximum absolute atomic E-state index is 4.95. The second kappa shape index (κ2) is 3.55. The first kappa shape index (κ1) is 8.30. The minimum absolute atomic E-state index is 0.499. The lowest BCUT2D eigenvalue weighted by Gasteiger charge is -2.34. The minimum atomic E-state index is 0.499. The van der Waals surface area contributed by atoms with Crippen molar-refractivity contribution < 1.29 is 0 Å². The molecule has 1 atom stereocenters. The zero-order valence-electron chi connectivity index (χ0n) is 6.00. The van der Waals surface area contributed by atoms with Crippen molar-refractivity contribution in [3.8, 4) is 0 Å². The smallest absolute Gasteiger partial charge is 0.133 e. The Morgan fingerprint density at radius 3 is 2.90 bits per heavy atom. The number of rotatable bonds is 0. The van der Waals surface area contributed by atoms with Gasteiger partial charge < -0.3 is 10.2 Å². The van der Waals surface area contributed by atoms with Gasteiger partial charge in [0.2, 0.25) is 0 Å². The third-order valence-corrected chi connectivity index (χ3v) is 2.24. The third-order valence-electron chi connectivity index (χ3n) is 1.75. The molecule has 58 valence electrons. The van der Waals surface area contributed by atoms with E-state index in [9.17, 15) is 0 Å². The zero-order valence-corrected chi connectivity index (χ0v) is 7.71. The summed E-state index contributed by atoms with van der Waals surface area (Å²) in [4.78, 5) is 2.13. The van der Waals surface area contributed by atoms with Crippen LogP contribution in [-0.4, -0.2) is 34.9 Å². The second-order valence-corrected chi connectivity index (χ2v) is 3.64. The molecule has 1 N–H and O–H groups in total. The van der Waals surface area contributed by atoms with Crippen LogP contribution in [-0.2, 0) is 0 Å². The molecule has 10 heavy (non-hydrogen) atoms. The van der Waals surface area contributed by atoms with Gasteiger partial charge in [-0.1, -0.05) is 12.2 Å². The predicted octanol–water partition coefficient (Wildman–Crippen LogP) is 0.495. The summed E-state index contributed by atoms with van der Waals surface area (Å²) < 4.78 is 0.717. The third kappa shape index (κ3) is 1.84. The molecular formula is C6H12N2S2. The lowest BCUT2D eigenvalue weighted by atomic mass is 10.2. The van der Waals surface area contributed by atoms with Crippen LogP contribution in [0.25, 0.3) is 0 Å². The maximum Gasteiger partial charge on any atom is 0.133 e. The van der Waals surface area contributed by atoms with Gasteiger partial charge in [0.25, 0.3) is 0 Å². The summed E-state index contributed by atoms with van der Waals surface area (Å²) >= 11 is 9.08. The number of hydrogen-bond donors (Lipinski definition) is 2. The maximum atomic E-state index is 4.95. The van der Waals surface area contributed by atoms with E-state index in [0.717, 1.165) is 19.6 Å². The van der Waals surface area contributed by atoms with Gasteiger partial charge in [-0.05, 0) is 6.92 Å². The van der Waals surface area contributed by atoms with Crippen LogP contribution < -0.4 is 5.32 Å². The monoisotopic (exact) mass is 176 g/mol. The average molecular weight is 176 g/mol. The Balaban J connectivity index is 2.47. The van der Waals surface area contributed by atoms with Crippen molar-refractivity contribution in [3.05, 3.63) is 0 Å². The molecule has 1 aliphatic heterocycles. The van der Waals surface area contributed by atoms with Crippen molar-refractivity contribution in [2.75, 3.05) is 19.6 Å². The second-order valence-electron chi connectivity index (χ2n) is 2.53. The summed E-state index contributed by atoms with van der Waals surface area (Å²) in [6, 6.07) is 0.499. The molecule has 0 amide bonds. The molecule has 0 saturated carbocycles. The van der Waals surface area contributed by atoms with E-state index in [-0.39, 0.29) is 0 Å². The summed E-state index contributed by atoms with van der Waals surface area (Å²) in [5, 5.41) is 3.28. The Morgan fingerprint density at radius 1 is 1.80 bits per heavy atom. The molecule has 0 unspecified atom stereocenters. The van der Waals surface area contributed by atoms with Gasteiger partial charge in [0.15, 0.2) is 0 Å². The van der Waals surface area contributed by atoms with Crippen LogP contribution in [0.15, 0.2) is 0 Å². The van der Waals surface area contributed by atoms with Crippen molar-refractivity contribution in [2.45, 2.75) is 13.0 Å². The quantitative estimate of drug-likeness (QED) is 0.413. The molecule has 1 fully saturated rings. The van der Waals surface area contributed by atoms with Crippen LogP contribution in [0.5, 0.6) is 0 Å². The van der Waals surface area contributed by atoms with Gasteiger partial charge in [0.1, 0.15) is 4.32 Å². The van der Waals surface area contributed by atoms with E-state index >= 15 is 0 Å². The van der Waals surface area contributed by atoms with Crippen molar-refractivity contribution in [3.63, 3.8) is 0 Å². The van der Waals surface area contributed by atoms with Crippen LogP contribution in [0.1, 0.15) is 6.92 Å². The fourth-order valence-corrected chi connectivity index (χ4v) is 1.69. The highest BCUT2D eigenvalue weighted by atomic mass is 32.1. The van der Waals surface area contributed by atoms with E-state index in [1.807, 2.05) is 0 Å². The van der Waals surface area contributed by atoms with Crippen molar-refractivity contribution >= 4 is 29.2 Å². The fraction of sp³-hybridized carbons (Fsp3) is 0.833. The van der Waals surface area contributed by atoms with E-state index in [0.29, 0.717) is 10.4 Å². The van der Waals surface area contributed by atoms with Crippen molar-refractivity contribution in [1.29, 1.82) is 0 Å².